The van der Waals surface area contributed by atoms with Crippen LogP contribution in [-0.2, 0) is 12.8 Å². The Bertz CT molecular complexity index is 998. The fraction of sp³-hybridized carbons (Fsp3) is 0.533. The SMILES string of the molecule is CCCCC(CC)Cc1csc(-c2c(F)c(F)c(-c3cc(CC(CC)CCCC)cs3)c(F)c2F)c1. The Kier molecular flexibility index (Phi) is 11.0. The summed E-state index contributed by atoms with van der Waals surface area (Å²) in [6.07, 6.45) is 10.4. The molecule has 2 atom stereocenters. The highest BCUT2D eigenvalue weighted by molar-refractivity contribution is 7.14. The van der Waals surface area contributed by atoms with Crippen molar-refractivity contribution >= 4 is 22.7 Å². The average molecular weight is 539 g/mol. The van der Waals surface area contributed by atoms with Gasteiger partial charge >= 0.3 is 0 Å². The Hall–Kier alpha value is -1.66. The highest BCUT2D eigenvalue weighted by Gasteiger charge is 2.29. The minimum absolute atomic E-state index is 0.225. The van der Waals surface area contributed by atoms with Gasteiger partial charge in [0.05, 0.1) is 11.1 Å². The lowest BCUT2D eigenvalue weighted by Gasteiger charge is -2.13. The maximum absolute atomic E-state index is 15.2. The summed E-state index contributed by atoms with van der Waals surface area (Å²) < 4.78 is 60.9. The first-order valence-corrected chi connectivity index (χ1v) is 15.1. The molecule has 0 aliphatic rings. The summed E-state index contributed by atoms with van der Waals surface area (Å²) in [6.45, 7) is 8.58. The fourth-order valence-electron chi connectivity index (χ4n) is 4.85. The van der Waals surface area contributed by atoms with Crippen molar-refractivity contribution in [3.8, 4) is 20.9 Å². The molecule has 2 aromatic heterocycles. The second kappa shape index (κ2) is 13.8. The topological polar surface area (TPSA) is 0 Å². The first-order chi connectivity index (χ1) is 17.3. The van der Waals surface area contributed by atoms with Crippen LogP contribution in [-0.4, -0.2) is 0 Å². The lowest BCUT2D eigenvalue weighted by atomic mass is 9.92. The average Bonchev–Trinajstić information content (AvgIpc) is 3.53. The zero-order valence-corrected chi connectivity index (χ0v) is 23.5. The van der Waals surface area contributed by atoms with Crippen molar-refractivity contribution < 1.29 is 17.6 Å². The van der Waals surface area contributed by atoms with Gasteiger partial charge in [0.25, 0.3) is 0 Å². The van der Waals surface area contributed by atoms with Gasteiger partial charge in [0.2, 0.25) is 0 Å². The van der Waals surface area contributed by atoms with E-state index in [9.17, 15) is 0 Å². The molecule has 0 fully saturated rings. The van der Waals surface area contributed by atoms with Crippen molar-refractivity contribution in [1.29, 1.82) is 0 Å². The van der Waals surface area contributed by atoms with E-state index in [1.165, 1.54) is 0 Å². The molecule has 0 amide bonds. The van der Waals surface area contributed by atoms with E-state index in [1.54, 1.807) is 12.1 Å². The molecule has 6 heteroatoms. The Morgan fingerprint density at radius 2 is 0.972 bits per heavy atom. The fourth-order valence-corrected chi connectivity index (χ4v) is 6.76. The molecule has 0 radical (unpaired) electrons. The standard InChI is InChI=1S/C30H38F4S2/c1-5-9-11-19(7-3)13-21-15-23(35-17-21)25-27(31)29(33)26(30(34)28(25)32)24-16-22(18-36-24)14-20(8-4)12-10-6-2/h15-20H,5-14H2,1-4H3. The summed E-state index contributed by atoms with van der Waals surface area (Å²) in [4.78, 5) is 0.451. The molecule has 0 saturated heterocycles. The molecule has 0 bridgehead atoms. The largest absolute Gasteiger partial charge is 0.203 e. The van der Waals surface area contributed by atoms with Gasteiger partial charge in [-0.05, 0) is 58.7 Å². The Labute approximate surface area is 221 Å². The monoisotopic (exact) mass is 538 g/mol. The van der Waals surface area contributed by atoms with Crippen LogP contribution in [0.25, 0.3) is 20.9 Å². The molecule has 2 heterocycles. The lowest BCUT2D eigenvalue weighted by Crippen LogP contribution is -2.03. The van der Waals surface area contributed by atoms with E-state index in [-0.39, 0.29) is 9.75 Å². The number of hydrogen-bond acceptors (Lipinski definition) is 2. The summed E-state index contributed by atoms with van der Waals surface area (Å²) in [5, 5.41) is 3.70. The van der Waals surface area contributed by atoms with Gasteiger partial charge in [-0.1, -0.05) is 79.1 Å². The summed E-state index contributed by atoms with van der Waals surface area (Å²) in [5.74, 6) is -4.31. The van der Waals surface area contributed by atoms with Crippen molar-refractivity contribution in [2.45, 2.75) is 91.9 Å². The van der Waals surface area contributed by atoms with Crippen LogP contribution in [0.4, 0.5) is 17.6 Å². The number of halogens is 4. The zero-order chi connectivity index (χ0) is 26.2. The number of rotatable bonds is 14. The second-order valence-corrected chi connectivity index (χ2v) is 11.7. The molecule has 198 valence electrons. The second-order valence-electron chi connectivity index (χ2n) is 9.89. The van der Waals surface area contributed by atoms with E-state index in [0.29, 0.717) is 11.8 Å². The van der Waals surface area contributed by atoms with Crippen molar-refractivity contribution in [1.82, 2.24) is 0 Å². The molecule has 0 N–H and O–H groups in total. The van der Waals surface area contributed by atoms with Gasteiger partial charge < -0.3 is 0 Å². The Morgan fingerprint density at radius 3 is 1.28 bits per heavy atom. The highest BCUT2D eigenvalue weighted by atomic mass is 32.1. The number of unbranched alkanes of at least 4 members (excludes halogenated alkanes) is 2. The molecule has 36 heavy (non-hydrogen) atoms. The molecule has 3 aromatic rings. The summed E-state index contributed by atoms with van der Waals surface area (Å²) in [7, 11) is 0. The Balaban J connectivity index is 1.88. The molecule has 1 aromatic carbocycles. The smallest absolute Gasteiger partial charge is 0.171 e. The molecule has 0 saturated carbocycles. The molecule has 3 rings (SSSR count). The zero-order valence-electron chi connectivity index (χ0n) is 21.9. The van der Waals surface area contributed by atoms with E-state index >= 15 is 17.6 Å². The molecule has 0 aliphatic heterocycles. The number of thiophene rings is 2. The normalized spacial score (nSPS) is 13.3. The highest BCUT2D eigenvalue weighted by Crippen LogP contribution is 2.41. The van der Waals surface area contributed by atoms with Crippen LogP contribution in [0.3, 0.4) is 0 Å². The van der Waals surface area contributed by atoms with Crippen LogP contribution in [0.5, 0.6) is 0 Å². The molecule has 0 aliphatic carbocycles. The lowest BCUT2D eigenvalue weighted by molar-refractivity contribution is 0.449. The molecular formula is C30H38F4S2. The van der Waals surface area contributed by atoms with Crippen LogP contribution in [0.1, 0.15) is 90.2 Å². The summed E-state index contributed by atoms with van der Waals surface area (Å²) in [5.41, 5.74) is 0.708. The summed E-state index contributed by atoms with van der Waals surface area (Å²) >= 11 is 2.27. The van der Waals surface area contributed by atoms with Gasteiger partial charge in [0, 0.05) is 9.75 Å². The summed E-state index contributed by atoms with van der Waals surface area (Å²) in [6, 6.07) is 3.37. The van der Waals surface area contributed by atoms with Crippen molar-refractivity contribution in [2.24, 2.45) is 11.8 Å². The predicted molar refractivity (Wildman–Crippen MR) is 147 cm³/mol. The third-order valence-corrected chi connectivity index (χ3v) is 9.19. The van der Waals surface area contributed by atoms with Gasteiger partial charge in [-0.25, -0.2) is 17.6 Å². The third kappa shape index (κ3) is 6.80. The van der Waals surface area contributed by atoms with Gasteiger partial charge in [-0.2, -0.15) is 0 Å². The number of hydrogen-bond donors (Lipinski definition) is 0. The van der Waals surface area contributed by atoms with Gasteiger partial charge in [-0.3, -0.25) is 0 Å². The minimum atomic E-state index is -1.32. The maximum Gasteiger partial charge on any atom is 0.171 e. The molecule has 0 nitrogen and oxygen atoms in total. The first kappa shape index (κ1) is 28.9. The van der Waals surface area contributed by atoms with Crippen LogP contribution in [0.2, 0.25) is 0 Å². The molecule has 2 unspecified atom stereocenters. The van der Waals surface area contributed by atoms with E-state index < -0.39 is 34.4 Å². The van der Waals surface area contributed by atoms with Crippen LogP contribution < -0.4 is 0 Å². The first-order valence-electron chi connectivity index (χ1n) is 13.4. The van der Waals surface area contributed by atoms with E-state index in [1.807, 2.05) is 10.8 Å². The van der Waals surface area contributed by atoms with Crippen LogP contribution in [0, 0.1) is 35.1 Å². The van der Waals surface area contributed by atoms with E-state index in [4.69, 9.17) is 0 Å². The number of benzene rings is 1. The van der Waals surface area contributed by atoms with E-state index in [2.05, 4.69) is 27.7 Å². The van der Waals surface area contributed by atoms with Crippen molar-refractivity contribution in [3.63, 3.8) is 0 Å². The Morgan fingerprint density at radius 1 is 0.611 bits per heavy atom. The van der Waals surface area contributed by atoms with Gasteiger partial charge in [0.15, 0.2) is 23.3 Å². The minimum Gasteiger partial charge on any atom is -0.203 e. The van der Waals surface area contributed by atoms with Crippen LogP contribution in [0.15, 0.2) is 22.9 Å². The van der Waals surface area contributed by atoms with Gasteiger partial charge in [-0.15, -0.1) is 22.7 Å². The van der Waals surface area contributed by atoms with Crippen molar-refractivity contribution in [3.05, 3.63) is 57.3 Å². The third-order valence-electron chi connectivity index (χ3n) is 7.20. The van der Waals surface area contributed by atoms with E-state index in [0.717, 1.165) is 98.0 Å². The maximum atomic E-state index is 15.2. The van der Waals surface area contributed by atoms with Crippen molar-refractivity contribution in [2.75, 3.05) is 0 Å². The predicted octanol–water partition coefficient (Wildman–Crippen LogP) is 11.2. The molecular weight excluding hydrogens is 500 g/mol. The van der Waals surface area contributed by atoms with Crippen LogP contribution >= 0.6 is 22.7 Å². The molecule has 0 spiro atoms. The van der Waals surface area contributed by atoms with Gasteiger partial charge in [0.1, 0.15) is 0 Å². The quantitative estimate of drug-likeness (QED) is 0.141.